The number of H-pyrrole nitrogens is 1. The Kier molecular flexibility index (Phi) is 23.5. The van der Waals surface area contributed by atoms with Crippen LogP contribution < -0.4 is 71.2 Å². The molecule has 26 heteroatoms. The lowest BCUT2D eigenvalue weighted by molar-refractivity contribution is -0.137. The van der Waals surface area contributed by atoms with Crippen molar-refractivity contribution in [2.45, 2.75) is 126 Å². The van der Waals surface area contributed by atoms with E-state index >= 15 is 0 Å². The van der Waals surface area contributed by atoms with Gasteiger partial charge in [0.25, 0.3) is 0 Å². The van der Waals surface area contributed by atoms with Gasteiger partial charge >= 0.3 is 0 Å². The summed E-state index contributed by atoms with van der Waals surface area (Å²) in [4.78, 5) is 123. The zero-order chi connectivity index (χ0) is 55.9. The second-order valence-electron chi connectivity index (χ2n) is 18.4. The van der Waals surface area contributed by atoms with Crippen molar-refractivity contribution in [3.63, 3.8) is 0 Å². The van der Waals surface area contributed by atoms with Gasteiger partial charge in [-0.1, -0.05) is 36.9 Å². The fourth-order valence-corrected chi connectivity index (χ4v) is 8.21. The molecule has 3 aromatic rings. The molecule has 26 nitrogen and oxygen atoms in total. The third-order valence-electron chi connectivity index (χ3n) is 12.2. The quantitative estimate of drug-likeness (QED) is 0.0362. The summed E-state index contributed by atoms with van der Waals surface area (Å²) in [6.45, 7) is 6.45. The molecule has 0 bridgehead atoms. The third kappa shape index (κ3) is 19.6. The second kappa shape index (κ2) is 29.8. The molecule has 0 aliphatic carbocycles. The van der Waals surface area contributed by atoms with Crippen LogP contribution in [-0.2, 0) is 51.2 Å². The Morgan fingerprint density at radius 2 is 1.42 bits per heavy atom. The minimum atomic E-state index is -1.79. The number of carbonyl (C=O) groups excluding carboxylic acids is 8. The van der Waals surface area contributed by atoms with Gasteiger partial charge in [-0.25, -0.2) is 0 Å². The molecule has 20 N–H and O–H groups in total. The number of nitrogens with one attached hydrogen (secondary N) is 9. The number of fused-ring (bicyclic) bond motifs is 1. The van der Waals surface area contributed by atoms with E-state index in [2.05, 4.69) is 64.1 Å². The molecule has 1 fully saturated rings. The van der Waals surface area contributed by atoms with E-state index in [1.807, 2.05) is 30.3 Å². The molecule has 4 rings (SSSR count). The van der Waals surface area contributed by atoms with Gasteiger partial charge in [0.2, 0.25) is 47.3 Å². The van der Waals surface area contributed by atoms with Crippen LogP contribution in [0.1, 0.15) is 81.9 Å². The number of rotatable bonds is 17. The number of nitrogens with zero attached hydrogens (tertiary/aromatic N) is 3. The molecular formula is C50H71N17O9. The standard InChI is InChI=1S/C50H71N17O9/c1-27(52)34-11-6-20-57-41(70)19-18-38(64-43(71)36(61-29(3)69)12-7-21-58-49(53)54)45(73)67-42(28(2)68)48(76)66-39(23-30-14-16-31(25-51)17-15-30)46(74)63-37(13-8-22-59-50(55)56)44(72)65-40(47(75)62-34)24-32-26-60-35-10-5-4-9-33(32)35/h4-5,9-10,14-17,26,28,34,36-40,42,60,68H,1,6-8,11-13,18-24,52H2,2-3H3,(H,57,70)(H,61,69)(H,62,75)(H,63,74)(H,64,71)(H,65,72)(H,66,76)(H,67,73)(H4,53,54,58)(H4,55,56,59)/t28-,34?,36+,37+,38+,39-,40+,42+/m1/s1. The number of hydrogen-bond donors (Lipinski definition) is 15. The average molecular weight is 1050 g/mol. The van der Waals surface area contributed by atoms with E-state index < -0.39 is 95.7 Å². The van der Waals surface area contributed by atoms with Crippen LogP contribution in [0.3, 0.4) is 0 Å². The Morgan fingerprint density at radius 3 is 2.07 bits per heavy atom. The van der Waals surface area contributed by atoms with Crippen molar-refractivity contribution in [3.8, 4) is 6.07 Å². The maximum atomic E-state index is 14.6. The average Bonchev–Trinajstić information content (AvgIpc) is 3.78. The van der Waals surface area contributed by atoms with Crippen molar-refractivity contribution in [3.05, 3.63) is 83.7 Å². The number of aliphatic hydroxyl groups is 1. The number of carbonyl (C=O) groups is 8. The van der Waals surface area contributed by atoms with Gasteiger partial charge in [0.1, 0.15) is 36.3 Å². The molecule has 1 unspecified atom stereocenters. The summed E-state index contributed by atoms with van der Waals surface area (Å²) < 4.78 is 0. The minimum Gasteiger partial charge on any atom is -0.401 e. The van der Waals surface area contributed by atoms with Crippen LogP contribution >= 0.6 is 0 Å². The Hall–Kier alpha value is -8.73. The lowest BCUT2D eigenvalue weighted by Gasteiger charge is -2.29. The van der Waals surface area contributed by atoms with E-state index in [0.29, 0.717) is 16.7 Å². The Labute approximate surface area is 439 Å². The fourth-order valence-electron chi connectivity index (χ4n) is 8.21. The lowest BCUT2D eigenvalue weighted by Crippen LogP contribution is -2.62. The van der Waals surface area contributed by atoms with Crippen molar-refractivity contribution in [1.29, 1.82) is 5.26 Å². The molecule has 0 saturated carbocycles. The van der Waals surface area contributed by atoms with E-state index in [0.717, 1.165) is 10.9 Å². The number of aromatic nitrogens is 1. The van der Waals surface area contributed by atoms with Gasteiger partial charge in [-0.05, 0) is 81.2 Å². The number of aliphatic imine (C=N–C) groups is 2. The third-order valence-corrected chi connectivity index (χ3v) is 12.2. The van der Waals surface area contributed by atoms with E-state index in [-0.39, 0.29) is 101 Å². The number of aliphatic hydroxyl groups excluding tert-OH is 1. The minimum absolute atomic E-state index is 0.0264. The summed E-state index contributed by atoms with van der Waals surface area (Å²) in [5.74, 6) is -6.82. The number of nitriles is 1. The Morgan fingerprint density at radius 1 is 0.803 bits per heavy atom. The first-order chi connectivity index (χ1) is 36.1. The highest BCUT2D eigenvalue weighted by Crippen LogP contribution is 2.20. The van der Waals surface area contributed by atoms with Crippen LogP contribution in [0.4, 0.5) is 0 Å². The SMILES string of the molecule is C=C(N)C1CCCNC(=O)CC[C@H](NC(=O)[C@H](CCCN=C(N)N)NC(C)=O)C(=O)N[C@@H]([C@@H](C)O)C(=O)N[C@H](Cc2ccc(C#N)cc2)C(=O)N[C@@H](CCCN=C(N)N)C(=O)N[C@@H](Cc2c[nH]c3ccccc23)C(=O)N1. The number of guanidine groups is 2. The molecule has 410 valence electrons. The summed E-state index contributed by atoms with van der Waals surface area (Å²) in [6, 6.07) is 5.84. The molecule has 1 saturated heterocycles. The van der Waals surface area contributed by atoms with Crippen LogP contribution in [0.5, 0.6) is 0 Å². The Bertz CT molecular complexity index is 2640. The highest BCUT2D eigenvalue weighted by Gasteiger charge is 2.36. The fraction of sp³-hybridized carbons (Fsp3) is 0.460. The maximum absolute atomic E-state index is 14.6. The largest absolute Gasteiger partial charge is 0.401 e. The summed E-state index contributed by atoms with van der Waals surface area (Å²) in [6.07, 6.45) is -0.151. The molecular weight excluding hydrogens is 983 g/mol. The van der Waals surface area contributed by atoms with Crippen molar-refractivity contribution >= 4 is 70.1 Å². The topological polar surface area (TPSA) is 447 Å². The highest BCUT2D eigenvalue weighted by molar-refractivity contribution is 5.98. The van der Waals surface area contributed by atoms with E-state index in [4.69, 9.17) is 28.7 Å². The molecule has 2 aromatic carbocycles. The van der Waals surface area contributed by atoms with Crippen molar-refractivity contribution < 1.29 is 43.5 Å². The molecule has 8 amide bonds. The molecule has 0 radical (unpaired) electrons. The lowest BCUT2D eigenvalue weighted by atomic mass is 10.0. The summed E-state index contributed by atoms with van der Waals surface area (Å²) in [5, 5.41) is 42.5. The normalized spacial score (nSPS) is 21.3. The van der Waals surface area contributed by atoms with E-state index in [9.17, 15) is 48.7 Å². The number of benzene rings is 2. The van der Waals surface area contributed by atoms with Gasteiger partial charge in [0, 0.05) is 68.6 Å². The van der Waals surface area contributed by atoms with Gasteiger partial charge in [-0.2, -0.15) is 5.26 Å². The molecule has 1 aromatic heterocycles. The predicted octanol–water partition coefficient (Wildman–Crippen LogP) is -3.11. The molecule has 1 aliphatic heterocycles. The van der Waals surface area contributed by atoms with Gasteiger partial charge in [-0.3, -0.25) is 48.3 Å². The maximum Gasteiger partial charge on any atom is 0.245 e. The molecule has 2 heterocycles. The first-order valence-corrected chi connectivity index (χ1v) is 24.8. The number of nitrogens with two attached hydrogens (primary N) is 5. The summed E-state index contributed by atoms with van der Waals surface area (Å²) >= 11 is 0. The molecule has 8 atom stereocenters. The van der Waals surface area contributed by atoms with E-state index in [1.165, 1.54) is 26.0 Å². The van der Waals surface area contributed by atoms with Gasteiger partial charge in [0.15, 0.2) is 11.9 Å². The number of aromatic amines is 1. The molecule has 0 spiro atoms. The highest BCUT2D eigenvalue weighted by atomic mass is 16.3. The van der Waals surface area contributed by atoms with Crippen molar-refractivity contribution in [2.24, 2.45) is 38.7 Å². The first kappa shape index (κ1) is 59.8. The second-order valence-corrected chi connectivity index (χ2v) is 18.4. The van der Waals surface area contributed by atoms with E-state index in [1.54, 1.807) is 18.3 Å². The van der Waals surface area contributed by atoms with Crippen LogP contribution in [0.15, 0.2) is 77.0 Å². The van der Waals surface area contributed by atoms with Crippen LogP contribution in [0.25, 0.3) is 10.9 Å². The monoisotopic (exact) mass is 1050 g/mol. The molecule has 76 heavy (non-hydrogen) atoms. The van der Waals surface area contributed by atoms with Gasteiger partial charge < -0.3 is 81.3 Å². The smallest absolute Gasteiger partial charge is 0.245 e. The zero-order valence-electron chi connectivity index (χ0n) is 42.7. The first-order valence-electron chi connectivity index (χ1n) is 24.8. The Balaban J connectivity index is 1.78. The van der Waals surface area contributed by atoms with Crippen molar-refractivity contribution in [2.75, 3.05) is 19.6 Å². The summed E-state index contributed by atoms with van der Waals surface area (Å²) in [5.41, 5.74) is 30.5. The van der Waals surface area contributed by atoms with Crippen LogP contribution in [0, 0.1) is 11.3 Å². The van der Waals surface area contributed by atoms with Crippen LogP contribution in [-0.4, -0.2) is 137 Å². The predicted molar refractivity (Wildman–Crippen MR) is 282 cm³/mol. The zero-order valence-corrected chi connectivity index (χ0v) is 42.7. The summed E-state index contributed by atoms with van der Waals surface area (Å²) in [7, 11) is 0. The van der Waals surface area contributed by atoms with Crippen LogP contribution in [0.2, 0.25) is 0 Å². The molecule has 1 aliphatic rings. The van der Waals surface area contributed by atoms with Gasteiger partial charge in [-0.15, -0.1) is 0 Å². The number of hydrogen-bond acceptors (Lipinski definition) is 13. The number of amides is 8. The van der Waals surface area contributed by atoms with Crippen molar-refractivity contribution in [1.82, 2.24) is 47.5 Å². The number of para-hydroxylation sites is 1. The van der Waals surface area contributed by atoms with Gasteiger partial charge in [0.05, 0.1) is 23.8 Å².